The maximum absolute atomic E-state index is 12.0. The summed E-state index contributed by atoms with van der Waals surface area (Å²) in [6, 6.07) is 0. The molecule has 0 aliphatic heterocycles. The molecule has 0 atom stereocenters. The summed E-state index contributed by atoms with van der Waals surface area (Å²) in [5.41, 5.74) is -1.45. The average Bonchev–Trinajstić information content (AvgIpc) is 2.29. The standard InChI is InChI=1S/C5HClF3NO2S/c6-4-10-2(5(7,8)9)1(13-4)3(11)12/h(H,11,12). The van der Waals surface area contributed by atoms with Crippen molar-refractivity contribution in [1.82, 2.24) is 4.98 Å². The molecule has 1 rings (SSSR count). The smallest absolute Gasteiger partial charge is 0.435 e. The van der Waals surface area contributed by atoms with Crippen LogP contribution in [0.15, 0.2) is 0 Å². The molecule has 0 bridgehead atoms. The van der Waals surface area contributed by atoms with Crippen molar-refractivity contribution in [2.24, 2.45) is 0 Å². The molecule has 72 valence electrons. The highest BCUT2D eigenvalue weighted by atomic mass is 35.5. The lowest BCUT2D eigenvalue weighted by Gasteiger charge is -2.01. The fourth-order valence-electron chi connectivity index (χ4n) is 0.631. The molecule has 13 heavy (non-hydrogen) atoms. The molecule has 0 radical (unpaired) electrons. The van der Waals surface area contributed by atoms with Crippen molar-refractivity contribution in [3.05, 3.63) is 15.0 Å². The van der Waals surface area contributed by atoms with Gasteiger partial charge in [0, 0.05) is 0 Å². The Hall–Kier alpha value is -0.820. The number of aromatic carboxylic acids is 1. The van der Waals surface area contributed by atoms with Crippen LogP contribution in [-0.4, -0.2) is 16.1 Å². The van der Waals surface area contributed by atoms with E-state index in [1.54, 1.807) is 0 Å². The van der Waals surface area contributed by atoms with E-state index in [9.17, 15) is 18.0 Å². The van der Waals surface area contributed by atoms with E-state index in [-0.39, 0.29) is 11.3 Å². The Labute approximate surface area is 78.8 Å². The Bertz CT molecular complexity index is 348. The minimum atomic E-state index is -4.78. The maximum Gasteiger partial charge on any atom is 0.435 e. The van der Waals surface area contributed by atoms with Gasteiger partial charge in [-0.15, -0.1) is 0 Å². The molecular formula is C5HClF3NO2S. The lowest BCUT2D eigenvalue weighted by molar-refractivity contribution is -0.141. The SMILES string of the molecule is O=C(O)c1sc(Cl)nc1C(F)(F)F. The Morgan fingerprint density at radius 2 is 2.08 bits per heavy atom. The second-order valence-corrected chi connectivity index (χ2v) is 3.53. The fourth-order valence-corrected chi connectivity index (χ4v) is 1.60. The van der Waals surface area contributed by atoms with Crippen molar-refractivity contribution < 1.29 is 23.1 Å². The van der Waals surface area contributed by atoms with Crippen molar-refractivity contribution >= 4 is 28.9 Å². The summed E-state index contributed by atoms with van der Waals surface area (Å²) in [7, 11) is 0. The lowest BCUT2D eigenvalue weighted by Crippen LogP contribution is -2.11. The van der Waals surface area contributed by atoms with E-state index >= 15 is 0 Å². The summed E-state index contributed by atoms with van der Waals surface area (Å²) in [6.45, 7) is 0. The van der Waals surface area contributed by atoms with Crippen LogP contribution in [0, 0.1) is 0 Å². The van der Waals surface area contributed by atoms with Crippen LogP contribution in [0.3, 0.4) is 0 Å². The van der Waals surface area contributed by atoms with Gasteiger partial charge in [-0.1, -0.05) is 22.9 Å². The van der Waals surface area contributed by atoms with Crippen molar-refractivity contribution in [2.45, 2.75) is 6.18 Å². The molecule has 1 heterocycles. The summed E-state index contributed by atoms with van der Waals surface area (Å²) in [5, 5.41) is 8.35. The number of hydrogen-bond acceptors (Lipinski definition) is 3. The quantitative estimate of drug-likeness (QED) is 0.808. The van der Waals surface area contributed by atoms with Crippen LogP contribution in [0.5, 0.6) is 0 Å². The predicted octanol–water partition coefficient (Wildman–Crippen LogP) is 2.51. The zero-order valence-electron chi connectivity index (χ0n) is 5.72. The molecule has 1 N–H and O–H groups in total. The minimum absolute atomic E-state index is 0.284. The van der Waals surface area contributed by atoms with Gasteiger partial charge < -0.3 is 5.11 Å². The second-order valence-electron chi connectivity index (χ2n) is 1.95. The van der Waals surface area contributed by atoms with Gasteiger partial charge in [0.05, 0.1) is 0 Å². The van der Waals surface area contributed by atoms with Crippen LogP contribution in [0.1, 0.15) is 15.4 Å². The molecule has 0 saturated heterocycles. The van der Waals surface area contributed by atoms with E-state index in [0.717, 1.165) is 0 Å². The van der Waals surface area contributed by atoms with E-state index < -0.39 is 27.2 Å². The number of thiazole rings is 1. The van der Waals surface area contributed by atoms with Crippen LogP contribution in [-0.2, 0) is 6.18 Å². The molecule has 0 spiro atoms. The summed E-state index contributed by atoms with van der Waals surface area (Å²) < 4.78 is 35.7. The number of alkyl halides is 3. The van der Waals surface area contributed by atoms with Crippen LogP contribution >= 0.6 is 22.9 Å². The van der Waals surface area contributed by atoms with Crippen molar-refractivity contribution in [3.63, 3.8) is 0 Å². The Morgan fingerprint density at radius 3 is 2.38 bits per heavy atom. The molecule has 0 aliphatic rings. The largest absolute Gasteiger partial charge is 0.477 e. The number of hydrogen-bond donors (Lipinski definition) is 1. The van der Waals surface area contributed by atoms with Crippen molar-refractivity contribution in [1.29, 1.82) is 0 Å². The van der Waals surface area contributed by atoms with Gasteiger partial charge in [-0.25, -0.2) is 9.78 Å². The summed E-state index contributed by atoms with van der Waals surface area (Å²) >= 11 is 5.44. The molecule has 1 aromatic rings. The molecule has 0 aromatic carbocycles. The molecule has 1 aromatic heterocycles. The van der Waals surface area contributed by atoms with Gasteiger partial charge in [0.2, 0.25) is 0 Å². The third kappa shape index (κ3) is 2.10. The summed E-state index contributed by atoms with van der Waals surface area (Å²) in [4.78, 5) is 12.3. The van der Waals surface area contributed by atoms with Gasteiger partial charge in [-0.2, -0.15) is 13.2 Å². The molecule has 0 amide bonds. The third-order valence-corrected chi connectivity index (χ3v) is 2.21. The number of rotatable bonds is 1. The fraction of sp³-hybridized carbons (Fsp3) is 0.200. The van der Waals surface area contributed by atoms with Gasteiger partial charge in [-0.3, -0.25) is 0 Å². The van der Waals surface area contributed by atoms with E-state index in [0.29, 0.717) is 0 Å². The van der Waals surface area contributed by atoms with Gasteiger partial charge in [0.15, 0.2) is 10.2 Å². The zero-order valence-corrected chi connectivity index (χ0v) is 7.30. The van der Waals surface area contributed by atoms with Gasteiger partial charge >= 0.3 is 12.1 Å². The van der Waals surface area contributed by atoms with Crippen molar-refractivity contribution in [2.75, 3.05) is 0 Å². The summed E-state index contributed by atoms with van der Waals surface area (Å²) in [6.07, 6.45) is -4.78. The Kier molecular flexibility index (Phi) is 2.49. The second kappa shape index (κ2) is 3.15. The van der Waals surface area contributed by atoms with Gasteiger partial charge in [0.1, 0.15) is 4.88 Å². The molecule has 0 fully saturated rings. The first-order chi connectivity index (χ1) is 5.82. The molecule has 8 heteroatoms. The first-order valence-corrected chi connectivity index (χ1v) is 3.98. The highest BCUT2D eigenvalue weighted by molar-refractivity contribution is 7.17. The summed E-state index contributed by atoms with van der Waals surface area (Å²) in [5.74, 6) is -1.68. The lowest BCUT2D eigenvalue weighted by atomic mass is 10.3. The topological polar surface area (TPSA) is 50.2 Å². The number of carbonyl (C=O) groups is 1. The number of carboxylic acid groups (broad SMARTS) is 1. The zero-order chi connectivity index (χ0) is 10.2. The number of nitrogens with zero attached hydrogens (tertiary/aromatic N) is 1. The third-order valence-electron chi connectivity index (χ3n) is 1.06. The van der Waals surface area contributed by atoms with E-state index in [1.807, 2.05) is 0 Å². The molecular weight excluding hydrogens is 231 g/mol. The molecule has 0 saturated carbocycles. The highest BCUT2D eigenvalue weighted by Crippen LogP contribution is 2.35. The average molecular weight is 232 g/mol. The first-order valence-electron chi connectivity index (χ1n) is 2.79. The van der Waals surface area contributed by atoms with Gasteiger partial charge in [-0.05, 0) is 0 Å². The highest BCUT2D eigenvalue weighted by Gasteiger charge is 2.39. The first kappa shape index (κ1) is 10.3. The number of carboxylic acids is 1. The molecule has 0 unspecified atom stereocenters. The van der Waals surface area contributed by atoms with Crippen molar-refractivity contribution in [3.8, 4) is 0 Å². The van der Waals surface area contributed by atoms with E-state index in [4.69, 9.17) is 16.7 Å². The van der Waals surface area contributed by atoms with Crippen LogP contribution in [0.4, 0.5) is 13.2 Å². The van der Waals surface area contributed by atoms with Crippen LogP contribution in [0.2, 0.25) is 4.47 Å². The number of halogens is 4. The Morgan fingerprint density at radius 1 is 1.54 bits per heavy atom. The monoisotopic (exact) mass is 231 g/mol. The van der Waals surface area contributed by atoms with Crippen LogP contribution < -0.4 is 0 Å². The van der Waals surface area contributed by atoms with E-state index in [1.165, 1.54) is 0 Å². The predicted molar refractivity (Wildman–Crippen MR) is 39.1 cm³/mol. The van der Waals surface area contributed by atoms with Gasteiger partial charge in [0.25, 0.3) is 0 Å². The van der Waals surface area contributed by atoms with E-state index in [2.05, 4.69) is 4.98 Å². The minimum Gasteiger partial charge on any atom is -0.477 e. The molecule has 0 aliphatic carbocycles. The Balaban J connectivity index is 3.28. The normalized spacial score (nSPS) is 11.7. The molecule has 3 nitrogen and oxygen atoms in total. The maximum atomic E-state index is 12.0. The van der Waals surface area contributed by atoms with Crippen LogP contribution in [0.25, 0.3) is 0 Å². The number of aromatic nitrogens is 1.